The first-order valence-corrected chi connectivity index (χ1v) is 11.4. The highest BCUT2D eigenvalue weighted by atomic mass is 32.2. The van der Waals surface area contributed by atoms with Gasteiger partial charge in [0.15, 0.2) is 0 Å². The SMILES string of the molecule is CCCCC(CC)CNC(=O)CCCN(c1cccc(C)c1)S(C)(=O)=O. The second-order valence-electron chi connectivity index (χ2n) is 7.00. The monoisotopic (exact) mass is 382 g/mol. The summed E-state index contributed by atoms with van der Waals surface area (Å²) in [4.78, 5) is 12.1. The Bertz CT molecular complexity index is 659. The lowest BCUT2D eigenvalue weighted by molar-refractivity contribution is -0.121. The van der Waals surface area contributed by atoms with Crippen molar-refractivity contribution in [3.05, 3.63) is 29.8 Å². The summed E-state index contributed by atoms with van der Waals surface area (Å²) < 4.78 is 25.6. The molecule has 5 nitrogen and oxygen atoms in total. The van der Waals surface area contributed by atoms with Crippen molar-refractivity contribution in [2.45, 2.75) is 59.3 Å². The van der Waals surface area contributed by atoms with E-state index >= 15 is 0 Å². The van der Waals surface area contributed by atoms with Crippen molar-refractivity contribution in [2.75, 3.05) is 23.7 Å². The number of carbonyl (C=O) groups excluding carboxylic acids is 1. The molecule has 0 bridgehead atoms. The molecule has 6 heteroatoms. The van der Waals surface area contributed by atoms with Crippen molar-refractivity contribution >= 4 is 21.6 Å². The van der Waals surface area contributed by atoms with Crippen molar-refractivity contribution in [3.63, 3.8) is 0 Å². The summed E-state index contributed by atoms with van der Waals surface area (Å²) in [5.41, 5.74) is 1.66. The van der Waals surface area contributed by atoms with Crippen molar-refractivity contribution in [1.82, 2.24) is 5.32 Å². The molecule has 1 amide bonds. The third kappa shape index (κ3) is 8.21. The lowest BCUT2D eigenvalue weighted by atomic mass is 9.99. The lowest BCUT2D eigenvalue weighted by Crippen LogP contribution is -2.33. The molecule has 1 aromatic rings. The van der Waals surface area contributed by atoms with Gasteiger partial charge in [0.25, 0.3) is 0 Å². The molecule has 1 N–H and O–H groups in total. The summed E-state index contributed by atoms with van der Waals surface area (Å²) in [6.07, 6.45) is 6.60. The number of sulfonamides is 1. The van der Waals surface area contributed by atoms with Gasteiger partial charge in [-0.15, -0.1) is 0 Å². The van der Waals surface area contributed by atoms with Crippen molar-refractivity contribution < 1.29 is 13.2 Å². The maximum absolute atomic E-state index is 12.1. The molecule has 148 valence electrons. The Balaban J connectivity index is 2.51. The molecular weight excluding hydrogens is 348 g/mol. The van der Waals surface area contributed by atoms with Crippen LogP contribution in [0, 0.1) is 12.8 Å². The first-order chi connectivity index (χ1) is 12.3. The van der Waals surface area contributed by atoms with E-state index in [2.05, 4.69) is 19.2 Å². The zero-order valence-corrected chi connectivity index (χ0v) is 17.4. The second kappa shape index (κ2) is 11.2. The van der Waals surface area contributed by atoms with Gasteiger partial charge in [-0.05, 0) is 43.4 Å². The minimum Gasteiger partial charge on any atom is -0.356 e. The molecule has 0 aliphatic rings. The fraction of sp³-hybridized carbons (Fsp3) is 0.650. The third-order valence-electron chi connectivity index (χ3n) is 4.59. The smallest absolute Gasteiger partial charge is 0.232 e. The molecule has 0 aromatic heterocycles. The van der Waals surface area contributed by atoms with E-state index in [0.29, 0.717) is 37.5 Å². The van der Waals surface area contributed by atoms with Gasteiger partial charge in [0, 0.05) is 19.5 Å². The number of unbranched alkanes of at least 4 members (excludes halogenated alkanes) is 1. The van der Waals surface area contributed by atoms with Crippen LogP contribution >= 0.6 is 0 Å². The van der Waals surface area contributed by atoms with Crippen LogP contribution in [0.3, 0.4) is 0 Å². The normalized spacial score (nSPS) is 12.6. The first-order valence-electron chi connectivity index (χ1n) is 9.59. The average molecular weight is 383 g/mol. The van der Waals surface area contributed by atoms with E-state index in [1.54, 1.807) is 6.07 Å². The summed E-state index contributed by atoms with van der Waals surface area (Å²) in [6, 6.07) is 7.41. The number of anilines is 1. The molecule has 1 aromatic carbocycles. The van der Waals surface area contributed by atoms with Crippen molar-refractivity contribution in [3.8, 4) is 0 Å². The number of hydrogen-bond donors (Lipinski definition) is 1. The van der Waals surface area contributed by atoms with Crippen LogP contribution in [0.5, 0.6) is 0 Å². The molecule has 0 saturated heterocycles. The number of rotatable bonds is 12. The van der Waals surface area contributed by atoms with E-state index in [-0.39, 0.29) is 5.91 Å². The summed E-state index contributed by atoms with van der Waals surface area (Å²) in [7, 11) is -3.37. The van der Waals surface area contributed by atoms with Crippen LogP contribution in [0.1, 0.15) is 57.9 Å². The minimum atomic E-state index is -3.37. The largest absolute Gasteiger partial charge is 0.356 e. The molecule has 26 heavy (non-hydrogen) atoms. The highest BCUT2D eigenvalue weighted by molar-refractivity contribution is 7.92. The predicted molar refractivity (Wildman–Crippen MR) is 109 cm³/mol. The second-order valence-corrected chi connectivity index (χ2v) is 8.91. The number of benzene rings is 1. The van der Waals surface area contributed by atoms with E-state index in [1.807, 2.05) is 25.1 Å². The van der Waals surface area contributed by atoms with Gasteiger partial charge < -0.3 is 5.32 Å². The Hall–Kier alpha value is -1.56. The van der Waals surface area contributed by atoms with E-state index in [4.69, 9.17) is 0 Å². The van der Waals surface area contributed by atoms with Gasteiger partial charge in [0.05, 0.1) is 11.9 Å². The fourth-order valence-electron chi connectivity index (χ4n) is 2.94. The van der Waals surface area contributed by atoms with Crippen LogP contribution in [0.25, 0.3) is 0 Å². The van der Waals surface area contributed by atoms with Gasteiger partial charge in [-0.1, -0.05) is 45.2 Å². The Morgan fingerprint density at radius 1 is 1.23 bits per heavy atom. The van der Waals surface area contributed by atoms with Crippen molar-refractivity contribution in [1.29, 1.82) is 0 Å². The molecule has 0 aliphatic heterocycles. The number of amides is 1. The zero-order chi connectivity index (χ0) is 19.6. The van der Waals surface area contributed by atoms with Crippen molar-refractivity contribution in [2.24, 2.45) is 5.92 Å². The maximum Gasteiger partial charge on any atom is 0.232 e. The fourth-order valence-corrected chi connectivity index (χ4v) is 3.90. The Morgan fingerprint density at radius 2 is 1.96 bits per heavy atom. The van der Waals surface area contributed by atoms with E-state index in [1.165, 1.54) is 23.4 Å². The molecule has 0 heterocycles. The van der Waals surface area contributed by atoms with Gasteiger partial charge >= 0.3 is 0 Å². The van der Waals surface area contributed by atoms with Gasteiger partial charge in [-0.3, -0.25) is 9.10 Å². The molecule has 0 spiro atoms. The van der Waals surface area contributed by atoms with Crippen LogP contribution in [0.15, 0.2) is 24.3 Å². The molecule has 1 rings (SSSR count). The Morgan fingerprint density at radius 3 is 2.54 bits per heavy atom. The Kier molecular flexibility index (Phi) is 9.70. The number of carbonyl (C=O) groups is 1. The average Bonchev–Trinajstić information content (AvgIpc) is 2.57. The Labute approximate surface area is 159 Å². The quantitative estimate of drug-likeness (QED) is 0.597. The van der Waals surface area contributed by atoms with Gasteiger partial charge in [0.2, 0.25) is 15.9 Å². The molecule has 1 atom stereocenters. The minimum absolute atomic E-state index is 0.00218. The predicted octanol–water partition coefficient (Wildman–Crippen LogP) is 3.87. The van der Waals surface area contributed by atoms with Gasteiger partial charge in [-0.2, -0.15) is 0 Å². The van der Waals surface area contributed by atoms with E-state index in [9.17, 15) is 13.2 Å². The molecule has 1 unspecified atom stereocenters. The summed E-state index contributed by atoms with van der Waals surface area (Å²) in [6.45, 7) is 7.28. The summed E-state index contributed by atoms with van der Waals surface area (Å²) in [5.74, 6) is 0.524. The number of nitrogens with zero attached hydrogens (tertiary/aromatic N) is 1. The van der Waals surface area contributed by atoms with E-state index < -0.39 is 10.0 Å². The highest BCUT2D eigenvalue weighted by Gasteiger charge is 2.17. The zero-order valence-electron chi connectivity index (χ0n) is 16.6. The summed E-state index contributed by atoms with van der Waals surface area (Å²) >= 11 is 0. The van der Waals surface area contributed by atoms with Gasteiger partial charge in [0.1, 0.15) is 0 Å². The maximum atomic E-state index is 12.1. The highest BCUT2D eigenvalue weighted by Crippen LogP contribution is 2.19. The van der Waals surface area contributed by atoms with Crippen LogP contribution in [0.2, 0.25) is 0 Å². The van der Waals surface area contributed by atoms with Crippen LogP contribution in [0.4, 0.5) is 5.69 Å². The molecule has 0 saturated carbocycles. The number of nitrogens with one attached hydrogen (secondary N) is 1. The molecular formula is C20H34N2O3S. The molecule has 0 fully saturated rings. The van der Waals surface area contributed by atoms with Gasteiger partial charge in [-0.25, -0.2) is 8.42 Å². The first kappa shape index (κ1) is 22.5. The molecule has 0 radical (unpaired) electrons. The number of aryl methyl sites for hydroxylation is 1. The standard InChI is InChI=1S/C20H34N2O3S/c1-5-7-11-18(6-2)16-21-20(23)13-9-14-22(26(4,24)25)19-12-8-10-17(3)15-19/h8,10,12,15,18H,5-7,9,11,13-14,16H2,1-4H3,(H,21,23). The van der Waals surface area contributed by atoms with E-state index in [0.717, 1.165) is 18.4 Å². The number of hydrogen-bond acceptors (Lipinski definition) is 3. The topological polar surface area (TPSA) is 66.5 Å². The molecule has 0 aliphatic carbocycles. The lowest BCUT2D eigenvalue weighted by Gasteiger charge is -2.22. The van der Waals surface area contributed by atoms with Crippen LogP contribution < -0.4 is 9.62 Å². The van der Waals surface area contributed by atoms with Crippen LogP contribution in [-0.2, 0) is 14.8 Å². The summed E-state index contributed by atoms with van der Waals surface area (Å²) in [5, 5.41) is 3.00. The third-order valence-corrected chi connectivity index (χ3v) is 5.78. The van der Waals surface area contributed by atoms with Crippen LogP contribution in [-0.4, -0.2) is 33.7 Å².